The van der Waals surface area contributed by atoms with Gasteiger partial charge in [0.05, 0.1) is 21.5 Å². The zero-order valence-electron chi connectivity index (χ0n) is 10.9. The number of aromatic carboxylic acids is 1. The number of carboxylic acids is 1. The number of hydrogen-bond donors (Lipinski definition) is 3. The second kappa shape index (κ2) is 5.84. The molecule has 0 aliphatic carbocycles. The van der Waals surface area contributed by atoms with E-state index in [1.807, 2.05) is 0 Å². The first-order chi connectivity index (χ1) is 9.81. The zero-order chi connectivity index (χ0) is 15.6. The lowest BCUT2D eigenvalue weighted by Crippen LogP contribution is -2.27. The van der Waals surface area contributed by atoms with Gasteiger partial charge in [-0.05, 0) is 25.1 Å². The summed E-state index contributed by atoms with van der Waals surface area (Å²) in [6.45, 7) is 1.63. The second-order valence-corrected chi connectivity index (χ2v) is 6.39. The molecule has 2 rings (SSSR count). The summed E-state index contributed by atoms with van der Waals surface area (Å²) in [4.78, 5) is 17.5. The molecular formula is C12H12ClN3O4S. The van der Waals surface area contributed by atoms with Crippen molar-refractivity contribution in [2.45, 2.75) is 17.9 Å². The Labute approximate surface area is 126 Å². The van der Waals surface area contributed by atoms with Gasteiger partial charge in [-0.2, -0.15) is 0 Å². The maximum atomic E-state index is 12.2. The molecule has 0 bridgehead atoms. The molecule has 0 fully saturated rings. The third kappa shape index (κ3) is 3.41. The van der Waals surface area contributed by atoms with E-state index in [9.17, 15) is 13.2 Å². The fourth-order valence-corrected chi connectivity index (χ4v) is 3.27. The van der Waals surface area contributed by atoms with E-state index in [-0.39, 0.29) is 15.5 Å². The van der Waals surface area contributed by atoms with Crippen LogP contribution in [-0.4, -0.2) is 29.5 Å². The van der Waals surface area contributed by atoms with Gasteiger partial charge in [-0.15, -0.1) is 0 Å². The van der Waals surface area contributed by atoms with E-state index in [1.54, 1.807) is 13.1 Å². The minimum absolute atomic E-state index is 0.115. The number of rotatable bonds is 5. The highest BCUT2D eigenvalue weighted by molar-refractivity contribution is 7.89. The van der Waals surface area contributed by atoms with Gasteiger partial charge in [0.1, 0.15) is 5.82 Å². The molecule has 0 aliphatic heterocycles. The molecule has 21 heavy (non-hydrogen) atoms. The number of sulfonamides is 1. The van der Waals surface area contributed by atoms with Gasteiger partial charge in [-0.1, -0.05) is 11.6 Å². The van der Waals surface area contributed by atoms with Crippen molar-refractivity contribution < 1.29 is 18.3 Å². The van der Waals surface area contributed by atoms with Gasteiger partial charge in [0, 0.05) is 12.4 Å². The van der Waals surface area contributed by atoms with Crippen LogP contribution in [0.15, 0.2) is 35.5 Å². The van der Waals surface area contributed by atoms with Crippen LogP contribution >= 0.6 is 11.6 Å². The molecule has 0 saturated carbocycles. The highest BCUT2D eigenvalue weighted by Gasteiger charge is 2.21. The third-order valence-corrected chi connectivity index (χ3v) is 4.59. The lowest BCUT2D eigenvalue weighted by Gasteiger charge is -2.12. The Morgan fingerprint density at radius 2 is 2.19 bits per heavy atom. The fourth-order valence-electron chi connectivity index (χ4n) is 1.71. The molecule has 7 nitrogen and oxygen atoms in total. The highest BCUT2D eigenvalue weighted by Crippen LogP contribution is 2.22. The lowest BCUT2D eigenvalue weighted by molar-refractivity contribution is 0.0697. The minimum atomic E-state index is -3.84. The van der Waals surface area contributed by atoms with Gasteiger partial charge in [-0.25, -0.2) is 22.9 Å². The Kier molecular flexibility index (Phi) is 4.31. The van der Waals surface area contributed by atoms with Crippen LogP contribution in [-0.2, 0) is 10.0 Å². The lowest BCUT2D eigenvalue weighted by atomic mass is 10.2. The van der Waals surface area contributed by atoms with Crippen LogP contribution in [0.1, 0.15) is 29.1 Å². The quantitative estimate of drug-likeness (QED) is 0.774. The molecule has 0 saturated heterocycles. The Morgan fingerprint density at radius 3 is 2.71 bits per heavy atom. The number of aromatic nitrogens is 2. The molecule has 2 aromatic rings. The third-order valence-electron chi connectivity index (χ3n) is 2.74. The van der Waals surface area contributed by atoms with E-state index in [0.717, 1.165) is 12.1 Å². The molecule has 1 heterocycles. The summed E-state index contributed by atoms with van der Waals surface area (Å²) in [6, 6.07) is 2.87. The average molecular weight is 330 g/mol. The molecular weight excluding hydrogens is 318 g/mol. The largest absolute Gasteiger partial charge is 0.478 e. The number of nitrogens with zero attached hydrogens (tertiary/aromatic N) is 1. The SMILES string of the molecule is CC(NS(=O)(=O)c1ccc(C(=O)O)c(Cl)c1)c1ncc[nH]1. The number of carbonyl (C=O) groups is 1. The van der Waals surface area contributed by atoms with E-state index in [4.69, 9.17) is 16.7 Å². The number of imidazole rings is 1. The Bertz CT molecular complexity index is 759. The van der Waals surface area contributed by atoms with E-state index in [1.165, 1.54) is 12.3 Å². The van der Waals surface area contributed by atoms with Gasteiger partial charge in [-0.3, -0.25) is 0 Å². The van der Waals surface area contributed by atoms with E-state index >= 15 is 0 Å². The number of H-pyrrole nitrogens is 1. The van der Waals surface area contributed by atoms with Crippen LogP contribution in [0.5, 0.6) is 0 Å². The molecule has 0 aliphatic rings. The van der Waals surface area contributed by atoms with Crippen LogP contribution < -0.4 is 4.72 Å². The molecule has 0 amide bonds. The summed E-state index contributed by atoms with van der Waals surface area (Å²) < 4.78 is 26.8. The minimum Gasteiger partial charge on any atom is -0.478 e. The predicted molar refractivity (Wildman–Crippen MR) is 75.7 cm³/mol. The van der Waals surface area contributed by atoms with Crippen molar-refractivity contribution in [1.29, 1.82) is 0 Å². The molecule has 1 atom stereocenters. The number of nitrogens with one attached hydrogen (secondary N) is 2. The normalized spacial score (nSPS) is 13.0. The first-order valence-corrected chi connectivity index (χ1v) is 7.72. The van der Waals surface area contributed by atoms with Crippen molar-refractivity contribution in [3.63, 3.8) is 0 Å². The highest BCUT2D eigenvalue weighted by atomic mass is 35.5. The molecule has 3 N–H and O–H groups in total. The van der Waals surface area contributed by atoms with Crippen LogP contribution in [0, 0.1) is 0 Å². The molecule has 1 aromatic carbocycles. The van der Waals surface area contributed by atoms with Crippen LogP contribution in [0.4, 0.5) is 0 Å². The molecule has 0 radical (unpaired) electrons. The van der Waals surface area contributed by atoms with Crippen molar-refractivity contribution in [3.05, 3.63) is 47.0 Å². The summed E-state index contributed by atoms with van der Waals surface area (Å²) in [5, 5.41) is 8.73. The first kappa shape index (κ1) is 15.5. The number of hydrogen-bond acceptors (Lipinski definition) is 4. The zero-order valence-corrected chi connectivity index (χ0v) is 12.4. The van der Waals surface area contributed by atoms with Crippen LogP contribution in [0.2, 0.25) is 5.02 Å². The fraction of sp³-hybridized carbons (Fsp3) is 0.167. The molecule has 1 unspecified atom stereocenters. The predicted octanol–water partition coefficient (Wildman–Crippen LogP) is 1.80. The summed E-state index contributed by atoms with van der Waals surface area (Å²) in [5.41, 5.74) is -0.158. The van der Waals surface area contributed by atoms with Gasteiger partial charge in [0.25, 0.3) is 0 Å². The van der Waals surface area contributed by atoms with Crippen LogP contribution in [0.25, 0.3) is 0 Å². The van der Waals surface area contributed by atoms with E-state index in [0.29, 0.717) is 5.82 Å². The smallest absolute Gasteiger partial charge is 0.337 e. The molecule has 112 valence electrons. The second-order valence-electron chi connectivity index (χ2n) is 4.26. The van der Waals surface area contributed by atoms with Crippen molar-refractivity contribution in [1.82, 2.24) is 14.7 Å². The summed E-state index contributed by atoms with van der Waals surface area (Å²) in [5.74, 6) is -0.757. The van der Waals surface area contributed by atoms with Crippen molar-refractivity contribution in [3.8, 4) is 0 Å². The van der Waals surface area contributed by atoms with Crippen molar-refractivity contribution >= 4 is 27.6 Å². The van der Waals surface area contributed by atoms with Gasteiger partial charge >= 0.3 is 5.97 Å². The maximum absolute atomic E-state index is 12.2. The molecule has 0 spiro atoms. The topological polar surface area (TPSA) is 112 Å². The Morgan fingerprint density at radius 1 is 1.48 bits per heavy atom. The van der Waals surface area contributed by atoms with Gasteiger partial charge < -0.3 is 10.1 Å². The molecule has 1 aromatic heterocycles. The first-order valence-electron chi connectivity index (χ1n) is 5.85. The summed E-state index contributed by atoms with van der Waals surface area (Å²) in [7, 11) is -3.84. The average Bonchev–Trinajstić information content (AvgIpc) is 2.91. The van der Waals surface area contributed by atoms with E-state index < -0.39 is 22.0 Å². The number of aromatic amines is 1. The van der Waals surface area contributed by atoms with Crippen molar-refractivity contribution in [2.24, 2.45) is 0 Å². The van der Waals surface area contributed by atoms with E-state index in [2.05, 4.69) is 14.7 Å². The monoisotopic (exact) mass is 329 g/mol. The van der Waals surface area contributed by atoms with Gasteiger partial charge in [0.15, 0.2) is 0 Å². The number of halogens is 1. The van der Waals surface area contributed by atoms with Gasteiger partial charge in [0.2, 0.25) is 10.0 Å². The molecule has 9 heteroatoms. The Hall–Kier alpha value is -1.90. The maximum Gasteiger partial charge on any atom is 0.337 e. The summed E-state index contributed by atoms with van der Waals surface area (Å²) in [6.07, 6.45) is 3.09. The standard InChI is InChI=1S/C12H12ClN3O4S/c1-7(11-14-4-5-15-11)16-21(19,20)8-2-3-9(12(17)18)10(13)6-8/h2-7,16H,1H3,(H,14,15)(H,17,18). The summed E-state index contributed by atoms with van der Waals surface area (Å²) >= 11 is 5.77. The van der Waals surface area contributed by atoms with Crippen molar-refractivity contribution in [2.75, 3.05) is 0 Å². The number of carboxylic acid groups (broad SMARTS) is 1. The van der Waals surface area contributed by atoms with Crippen LogP contribution in [0.3, 0.4) is 0 Å². The number of benzene rings is 1. The Balaban J connectivity index is 2.28.